The number of hydrogen-bond donors (Lipinski definition) is 1. The topological polar surface area (TPSA) is 69.4 Å². The molecule has 0 saturated heterocycles. The first-order valence-corrected chi connectivity index (χ1v) is 7.13. The third kappa shape index (κ3) is 3.92. The van der Waals surface area contributed by atoms with Gasteiger partial charge in [-0.1, -0.05) is 28.1 Å². The smallest absolute Gasteiger partial charge is 0.248 e. The molecule has 0 aliphatic carbocycles. The van der Waals surface area contributed by atoms with Crippen molar-refractivity contribution in [3.8, 4) is 5.75 Å². The van der Waals surface area contributed by atoms with Crippen LogP contribution in [0.3, 0.4) is 0 Å². The van der Waals surface area contributed by atoms with Crippen LogP contribution in [0.25, 0.3) is 0 Å². The van der Waals surface area contributed by atoms with Crippen molar-refractivity contribution in [1.82, 2.24) is 0 Å². The van der Waals surface area contributed by atoms with E-state index >= 15 is 0 Å². The molecule has 108 valence electrons. The summed E-state index contributed by atoms with van der Waals surface area (Å²) < 4.78 is 6.49. The molecule has 0 unspecified atom stereocenters. The van der Waals surface area contributed by atoms with Crippen LogP contribution in [0.2, 0.25) is 0 Å². The monoisotopic (exact) mass is 347 g/mol. The van der Waals surface area contributed by atoms with Crippen molar-refractivity contribution in [2.45, 2.75) is 13.0 Å². The molecule has 2 aromatic carbocycles. The molecule has 0 aromatic heterocycles. The van der Waals surface area contributed by atoms with E-state index in [4.69, 9.17) is 10.5 Å². The number of Topliss-reactive ketones (excluding diaryl/α,β-unsaturated/α-hetero) is 1. The Morgan fingerprint density at radius 3 is 2.05 bits per heavy atom. The number of carbonyl (C=O) groups is 2. The van der Waals surface area contributed by atoms with E-state index in [1.807, 2.05) is 12.1 Å². The van der Waals surface area contributed by atoms with Gasteiger partial charge in [0.1, 0.15) is 5.75 Å². The summed E-state index contributed by atoms with van der Waals surface area (Å²) in [5.74, 6) is -0.0972. The third-order valence-corrected chi connectivity index (χ3v) is 3.48. The van der Waals surface area contributed by atoms with Crippen molar-refractivity contribution < 1.29 is 14.3 Å². The summed E-state index contributed by atoms with van der Waals surface area (Å²) in [6.45, 7) is 1.69. The fourth-order valence-electron chi connectivity index (χ4n) is 1.80. The maximum atomic E-state index is 12.2. The second kappa shape index (κ2) is 6.54. The molecule has 0 heterocycles. The van der Waals surface area contributed by atoms with Crippen molar-refractivity contribution in [2.24, 2.45) is 5.73 Å². The van der Waals surface area contributed by atoms with Crippen LogP contribution < -0.4 is 10.5 Å². The standard InChI is InChI=1S/C16H14BrNO3/c1-10(15(19)11-2-6-13(17)7-3-11)21-14-8-4-12(5-9-14)16(18)20/h2-10H,1H3,(H2,18,20)/t10-/m1/s1. The van der Waals surface area contributed by atoms with Gasteiger partial charge in [0.25, 0.3) is 0 Å². The highest BCUT2D eigenvalue weighted by Gasteiger charge is 2.16. The van der Waals surface area contributed by atoms with Crippen molar-refractivity contribution in [3.05, 3.63) is 64.1 Å². The Kier molecular flexibility index (Phi) is 4.75. The summed E-state index contributed by atoms with van der Waals surface area (Å²) in [5.41, 5.74) is 6.14. The van der Waals surface area contributed by atoms with E-state index in [0.29, 0.717) is 16.9 Å². The number of nitrogens with two attached hydrogens (primary N) is 1. The van der Waals surface area contributed by atoms with Crippen molar-refractivity contribution in [2.75, 3.05) is 0 Å². The first-order valence-electron chi connectivity index (χ1n) is 6.33. The van der Waals surface area contributed by atoms with Gasteiger partial charge < -0.3 is 10.5 Å². The number of carbonyl (C=O) groups excluding carboxylic acids is 2. The minimum atomic E-state index is -0.620. The van der Waals surface area contributed by atoms with Crippen LogP contribution in [-0.2, 0) is 0 Å². The Hall–Kier alpha value is -2.14. The zero-order chi connectivity index (χ0) is 15.4. The molecule has 0 aliphatic rings. The van der Waals surface area contributed by atoms with Gasteiger partial charge in [-0.2, -0.15) is 0 Å². The van der Waals surface area contributed by atoms with Crippen LogP contribution in [0.5, 0.6) is 5.75 Å². The lowest BCUT2D eigenvalue weighted by atomic mass is 10.1. The molecule has 0 fully saturated rings. The predicted octanol–water partition coefficient (Wildman–Crippen LogP) is 3.20. The zero-order valence-electron chi connectivity index (χ0n) is 11.4. The lowest BCUT2D eigenvalue weighted by molar-refractivity contribution is 0.0817. The van der Waals surface area contributed by atoms with E-state index in [1.54, 1.807) is 43.3 Å². The molecule has 4 nitrogen and oxygen atoms in total. The van der Waals surface area contributed by atoms with E-state index in [0.717, 1.165) is 4.47 Å². The molecule has 0 bridgehead atoms. The highest BCUT2D eigenvalue weighted by Crippen LogP contribution is 2.17. The Morgan fingerprint density at radius 2 is 1.52 bits per heavy atom. The number of hydrogen-bond acceptors (Lipinski definition) is 3. The van der Waals surface area contributed by atoms with Gasteiger partial charge in [-0.25, -0.2) is 0 Å². The van der Waals surface area contributed by atoms with Crippen LogP contribution in [0.4, 0.5) is 0 Å². The van der Waals surface area contributed by atoms with Crippen LogP contribution in [0.1, 0.15) is 27.6 Å². The molecule has 5 heteroatoms. The summed E-state index contributed by atoms with van der Waals surface area (Å²) in [6, 6.07) is 13.5. The summed E-state index contributed by atoms with van der Waals surface area (Å²) in [5, 5.41) is 0. The molecular weight excluding hydrogens is 334 g/mol. The fourth-order valence-corrected chi connectivity index (χ4v) is 2.07. The molecule has 0 spiro atoms. The number of primary amides is 1. The van der Waals surface area contributed by atoms with E-state index in [1.165, 1.54) is 0 Å². The second-order valence-electron chi connectivity index (χ2n) is 4.52. The minimum absolute atomic E-state index is 0.110. The molecule has 2 N–H and O–H groups in total. The first kappa shape index (κ1) is 15.3. The normalized spacial score (nSPS) is 11.7. The largest absolute Gasteiger partial charge is 0.483 e. The van der Waals surface area contributed by atoms with E-state index in [2.05, 4.69) is 15.9 Å². The second-order valence-corrected chi connectivity index (χ2v) is 5.44. The van der Waals surface area contributed by atoms with E-state index < -0.39 is 12.0 Å². The predicted molar refractivity (Wildman–Crippen MR) is 83.5 cm³/mol. The van der Waals surface area contributed by atoms with Gasteiger partial charge in [0.15, 0.2) is 6.10 Å². The van der Waals surface area contributed by atoms with Crippen LogP contribution in [0.15, 0.2) is 53.0 Å². The minimum Gasteiger partial charge on any atom is -0.483 e. The SMILES string of the molecule is C[C@@H](Oc1ccc(C(N)=O)cc1)C(=O)c1ccc(Br)cc1. The van der Waals surface area contributed by atoms with Gasteiger partial charge in [0.05, 0.1) is 0 Å². The molecule has 2 aromatic rings. The number of benzene rings is 2. The lowest BCUT2D eigenvalue weighted by Gasteiger charge is -2.14. The van der Waals surface area contributed by atoms with Crippen LogP contribution in [0, 0.1) is 0 Å². The average Bonchev–Trinajstić information content (AvgIpc) is 2.47. The summed E-state index contributed by atoms with van der Waals surface area (Å²) in [6.07, 6.45) is -0.620. The van der Waals surface area contributed by atoms with Crippen LogP contribution >= 0.6 is 15.9 Å². The van der Waals surface area contributed by atoms with Gasteiger partial charge in [0.2, 0.25) is 11.7 Å². The molecular formula is C16H14BrNO3. The average molecular weight is 348 g/mol. The third-order valence-electron chi connectivity index (χ3n) is 2.95. The Balaban J connectivity index is 2.06. The number of ether oxygens (including phenoxy) is 1. The summed E-state index contributed by atoms with van der Waals surface area (Å²) in [7, 11) is 0. The molecule has 0 radical (unpaired) electrons. The van der Waals surface area contributed by atoms with E-state index in [-0.39, 0.29) is 5.78 Å². The van der Waals surface area contributed by atoms with Gasteiger partial charge in [-0.3, -0.25) is 9.59 Å². The van der Waals surface area contributed by atoms with Gasteiger partial charge in [-0.05, 0) is 43.3 Å². The number of ketones is 1. The molecule has 1 amide bonds. The van der Waals surface area contributed by atoms with Crippen LogP contribution in [-0.4, -0.2) is 17.8 Å². The summed E-state index contributed by atoms with van der Waals surface area (Å²) in [4.78, 5) is 23.2. The van der Waals surface area contributed by atoms with Crippen molar-refractivity contribution in [3.63, 3.8) is 0 Å². The zero-order valence-corrected chi connectivity index (χ0v) is 13.0. The highest BCUT2D eigenvalue weighted by molar-refractivity contribution is 9.10. The van der Waals surface area contributed by atoms with Crippen molar-refractivity contribution >= 4 is 27.6 Å². The number of amides is 1. The molecule has 1 atom stereocenters. The number of rotatable bonds is 5. The van der Waals surface area contributed by atoms with Gasteiger partial charge in [-0.15, -0.1) is 0 Å². The first-order chi connectivity index (χ1) is 9.97. The quantitative estimate of drug-likeness (QED) is 0.844. The number of halogens is 1. The fraction of sp³-hybridized carbons (Fsp3) is 0.125. The Morgan fingerprint density at radius 1 is 1.00 bits per heavy atom. The lowest BCUT2D eigenvalue weighted by Crippen LogP contribution is -2.23. The van der Waals surface area contributed by atoms with Gasteiger partial charge >= 0.3 is 0 Å². The molecule has 0 saturated carbocycles. The molecule has 2 rings (SSSR count). The summed E-state index contributed by atoms with van der Waals surface area (Å²) >= 11 is 3.32. The molecule has 0 aliphatic heterocycles. The Bertz CT molecular complexity index is 650. The van der Waals surface area contributed by atoms with Crippen molar-refractivity contribution in [1.29, 1.82) is 0 Å². The van der Waals surface area contributed by atoms with E-state index in [9.17, 15) is 9.59 Å². The maximum absolute atomic E-state index is 12.2. The Labute approximate surface area is 131 Å². The highest BCUT2D eigenvalue weighted by atomic mass is 79.9. The molecule has 21 heavy (non-hydrogen) atoms. The van der Waals surface area contributed by atoms with Gasteiger partial charge in [0, 0.05) is 15.6 Å². The maximum Gasteiger partial charge on any atom is 0.248 e.